The van der Waals surface area contributed by atoms with E-state index in [0.717, 1.165) is 0 Å². The van der Waals surface area contributed by atoms with E-state index in [2.05, 4.69) is 10.6 Å². The Balaban J connectivity index is 1.55. The lowest BCUT2D eigenvalue weighted by atomic mass is 10.0. The maximum Gasteiger partial charge on any atom is 0.319 e. The third-order valence-electron chi connectivity index (χ3n) is 4.86. The second-order valence-corrected chi connectivity index (χ2v) is 8.23. The van der Waals surface area contributed by atoms with Crippen molar-refractivity contribution in [1.29, 1.82) is 0 Å². The number of nitrogens with zero attached hydrogens (tertiary/aromatic N) is 2. The molecule has 2 heterocycles. The molecule has 3 rings (SSSR count). The number of rotatable bonds is 5. The van der Waals surface area contributed by atoms with Crippen molar-refractivity contribution >= 4 is 34.9 Å². The topological polar surface area (TPSA) is 81.8 Å². The van der Waals surface area contributed by atoms with Gasteiger partial charge in [-0.2, -0.15) is 0 Å². The molecule has 0 aliphatic carbocycles. The van der Waals surface area contributed by atoms with E-state index in [-0.39, 0.29) is 17.7 Å². The number of anilines is 1. The third kappa shape index (κ3) is 5.35. The molecule has 2 N–H and O–H groups in total. The highest BCUT2D eigenvalue weighted by Gasteiger charge is 2.32. The van der Waals surface area contributed by atoms with Gasteiger partial charge in [0, 0.05) is 31.9 Å². The van der Waals surface area contributed by atoms with Crippen LogP contribution < -0.4 is 10.6 Å². The SMILES string of the molecule is CC(C)[C@H](NC(=O)Nc1ccccc1)C(=O)N1CCN(C(=O)c2cccs2)CC1. The van der Waals surface area contributed by atoms with Gasteiger partial charge < -0.3 is 20.4 Å². The molecule has 2 aromatic rings. The number of thiophene rings is 1. The first-order chi connectivity index (χ1) is 14.0. The highest BCUT2D eigenvalue weighted by Crippen LogP contribution is 2.15. The first kappa shape index (κ1) is 20.9. The van der Waals surface area contributed by atoms with Crippen LogP contribution in [-0.2, 0) is 4.79 Å². The van der Waals surface area contributed by atoms with Crippen molar-refractivity contribution in [3.63, 3.8) is 0 Å². The molecule has 1 saturated heterocycles. The van der Waals surface area contributed by atoms with Gasteiger partial charge in [-0.15, -0.1) is 11.3 Å². The lowest BCUT2D eigenvalue weighted by Crippen LogP contribution is -2.57. The molecule has 29 heavy (non-hydrogen) atoms. The Morgan fingerprint density at radius 2 is 1.59 bits per heavy atom. The van der Waals surface area contributed by atoms with Crippen molar-refractivity contribution in [1.82, 2.24) is 15.1 Å². The molecular formula is C21H26N4O3S. The minimum absolute atomic E-state index is 0.00729. The largest absolute Gasteiger partial charge is 0.337 e. The van der Waals surface area contributed by atoms with Gasteiger partial charge in [-0.1, -0.05) is 38.1 Å². The monoisotopic (exact) mass is 414 g/mol. The Bertz CT molecular complexity index is 831. The molecule has 1 aliphatic rings. The molecule has 1 aliphatic heterocycles. The van der Waals surface area contributed by atoms with E-state index in [1.165, 1.54) is 11.3 Å². The molecule has 7 nitrogen and oxygen atoms in total. The van der Waals surface area contributed by atoms with Gasteiger partial charge >= 0.3 is 6.03 Å². The van der Waals surface area contributed by atoms with Crippen LogP contribution >= 0.6 is 11.3 Å². The Labute approximate surface area is 174 Å². The average molecular weight is 415 g/mol. The number of para-hydroxylation sites is 1. The molecule has 0 spiro atoms. The van der Waals surface area contributed by atoms with Crippen molar-refractivity contribution < 1.29 is 14.4 Å². The molecule has 154 valence electrons. The number of carbonyl (C=O) groups excluding carboxylic acids is 3. The number of hydrogen-bond donors (Lipinski definition) is 2. The van der Waals surface area contributed by atoms with E-state index >= 15 is 0 Å². The molecule has 1 aromatic heterocycles. The van der Waals surface area contributed by atoms with Gasteiger partial charge in [-0.25, -0.2) is 4.79 Å². The predicted octanol–water partition coefficient (Wildman–Crippen LogP) is 2.88. The van der Waals surface area contributed by atoms with Gasteiger partial charge in [-0.3, -0.25) is 9.59 Å². The van der Waals surface area contributed by atoms with Gasteiger partial charge in [0.1, 0.15) is 6.04 Å². The Hall–Kier alpha value is -2.87. The molecular weight excluding hydrogens is 388 g/mol. The first-order valence-electron chi connectivity index (χ1n) is 9.70. The van der Waals surface area contributed by atoms with Crippen LogP contribution in [0.5, 0.6) is 0 Å². The number of hydrogen-bond acceptors (Lipinski definition) is 4. The zero-order chi connectivity index (χ0) is 20.8. The van der Waals surface area contributed by atoms with Gasteiger partial charge in [0.05, 0.1) is 4.88 Å². The number of benzene rings is 1. The Morgan fingerprint density at radius 3 is 2.17 bits per heavy atom. The van der Waals surface area contributed by atoms with Gasteiger partial charge in [0.15, 0.2) is 0 Å². The summed E-state index contributed by atoms with van der Waals surface area (Å²) in [7, 11) is 0. The summed E-state index contributed by atoms with van der Waals surface area (Å²) in [6.07, 6.45) is 0. The maximum absolute atomic E-state index is 13.0. The second kappa shape index (κ2) is 9.56. The smallest absolute Gasteiger partial charge is 0.319 e. The van der Waals surface area contributed by atoms with Gasteiger partial charge in [-0.05, 0) is 29.5 Å². The summed E-state index contributed by atoms with van der Waals surface area (Å²) in [6.45, 7) is 5.71. The van der Waals surface area contributed by atoms with E-state index < -0.39 is 12.1 Å². The number of urea groups is 1. The summed E-state index contributed by atoms with van der Waals surface area (Å²) in [6, 6.07) is 11.7. The van der Waals surface area contributed by atoms with Crippen molar-refractivity contribution in [2.75, 3.05) is 31.5 Å². The van der Waals surface area contributed by atoms with Crippen LogP contribution in [0.2, 0.25) is 0 Å². The number of carbonyl (C=O) groups is 3. The lowest BCUT2D eigenvalue weighted by Gasteiger charge is -2.37. The van der Waals surface area contributed by atoms with Crippen LogP contribution in [0.1, 0.15) is 23.5 Å². The van der Waals surface area contributed by atoms with Crippen molar-refractivity contribution in [3.8, 4) is 0 Å². The van der Waals surface area contributed by atoms with Crippen molar-refractivity contribution in [3.05, 3.63) is 52.7 Å². The summed E-state index contributed by atoms with van der Waals surface area (Å²) < 4.78 is 0. The molecule has 0 bridgehead atoms. The summed E-state index contributed by atoms with van der Waals surface area (Å²) >= 11 is 1.42. The molecule has 0 unspecified atom stereocenters. The predicted molar refractivity (Wildman–Crippen MR) is 114 cm³/mol. The van der Waals surface area contributed by atoms with Gasteiger partial charge in [0.25, 0.3) is 5.91 Å². The number of amides is 4. The van der Waals surface area contributed by atoms with Crippen molar-refractivity contribution in [2.45, 2.75) is 19.9 Å². The van der Waals surface area contributed by atoms with Crippen LogP contribution in [0.25, 0.3) is 0 Å². The van der Waals surface area contributed by atoms with Crippen LogP contribution in [0, 0.1) is 5.92 Å². The molecule has 0 radical (unpaired) electrons. The summed E-state index contributed by atoms with van der Waals surface area (Å²) in [4.78, 5) is 42.0. The zero-order valence-electron chi connectivity index (χ0n) is 16.6. The Morgan fingerprint density at radius 1 is 0.931 bits per heavy atom. The summed E-state index contributed by atoms with van der Waals surface area (Å²) in [5.41, 5.74) is 0.667. The van der Waals surface area contributed by atoms with Crippen molar-refractivity contribution in [2.24, 2.45) is 5.92 Å². The van der Waals surface area contributed by atoms with E-state index in [1.807, 2.05) is 49.6 Å². The minimum Gasteiger partial charge on any atom is -0.337 e. The van der Waals surface area contributed by atoms with Crippen LogP contribution in [-0.4, -0.2) is 59.9 Å². The zero-order valence-corrected chi connectivity index (χ0v) is 17.4. The van der Waals surface area contributed by atoms with E-state index in [9.17, 15) is 14.4 Å². The molecule has 1 aromatic carbocycles. The second-order valence-electron chi connectivity index (χ2n) is 7.28. The highest BCUT2D eigenvalue weighted by molar-refractivity contribution is 7.12. The standard InChI is InChI=1S/C21H26N4O3S/c1-15(2)18(23-21(28)22-16-7-4-3-5-8-16)20(27)25-12-10-24(11-13-25)19(26)17-9-6-14-29-17/h3-9,14-15,18H,10-13H2,1-2H3,(H2,22,23,28)/t18-/m0/s1. The molecule has 8 heteroatoms. The number of nitrogens with one attached hydrogen (secondary N) is 2. The van der Waals surface area contributed by atoms with Crippen LogP contribution in [0.15, 0.2) is 47.8 Å². The fraction of sp³-hybridized carbons (Fsp3) is 0.381. The van der Waals surface area contributed by atoms with E-state index in [1.54, 1.807) is 21.9 Å². The van der Waals surface area contributed by atoms with Gasteiger partial charge in [0.2, 0.25) is 5.91 Å². The fourth-order valence-corrected chi connectivity index (χ4v) is 3.92. The minimum atomic E-state index is -0.627. The van der Waals surface area contributed by atoms with E-state index in [0.29, 0.717) is 36.7 Å². The molecule has 4 amide bonds. The summed E-state index contributed by atoms with van der Waals surface area (Å²) in [5, 5.41) is 7.43. The summed E-state index contributed by atoms with van der Waals surface area (Å²) in [5.74, 6) is -0.172. The van der Waals surface area contributed by atoms with Crippen LogP contribution in [0.3, 0.4) is 0 Å². The molecule has 1 atom stereocenters. The van der Waals surface area contributed by atoms with E-state index in [4.69, 9.17) is 0 Å². The quantitative estimate of drug-likeness (QED) is 0.789. The molecule has 0 saturated carbocycles. The Kier molecular flexibility index (Phi) is 6.87. The van der Waals surface area contributed by atoms with Crippen LogP contribution in [0.4, 0.5) is 10.5 Å². The number of piperazine rings is 1. The highest BCUT2D eigenvalue weighted by atomic mass is 32.1. The maximum atomic E-state index is 13.0. The fourth-order valence-electron chi connectivity index (χ4n) is 3.23. The normalized spacial score (nSPS) is 15.1. The first-order valence-corrected chi connectivity index (χ1v) is 10.6. The average Bonchev–Trinajstić information content (AvgIpc) is 3.26. The third-order valence-corrected chi connectivity index (χ3v) is 5.72. The lowest BCUT2D eigenvalue weighted by molar-refractivity contribution is -0.135. The molecule has 1 fully saturated rings.